The summed E-state index contributed by atoms with van der Waals surface area (Å²) in [4.78, 5) is 4.59. The van der Waals surface area contributed by atoms with Crippen LogP contribution in [0.2, 0.25) is 0 Å². The molecule has 1 heterocycles. The first-order chi connectivity index (χ1) is 7.31. The van der Waals surface area contributed by atoms with Crippen LogP contribution in [0.25, 0.3) is 0 Å². The maximum atomic E-state index is 5.57. The van der Waals surface area contributed by atoms with E-state index in [1.165, 1.54) is 0 Å². The van der Waals surface area contributed by atoms with Gasteiger partial charge in [0.1, 0.15) is 0 Å². The highest BCUT2D eigenvalue weighted by Crippen LogP contribution is 2.38. The van der Waals surface area contributed by atoms with Gasteiger partial charge in [-0.15, -0.1) is 0 Å². The highest BCUT2D eigenvalue weighted by Gasteiger charge is 2.14. The predicted molar refractivity (Wildman–Crippen MR) is 58.7 cm³/mol. The molecular weight excluding hydrogens is 262 g/mol. The summed E-state index contributed by atoms with van der Waals surface area (Å²) in [6, 6.07) is 3.80. The smallest absolute Gasteiger partial charge is 0.175 e. The minimum absolute atomic E-state index is 0.356. The van der Waals surface area contributed by atoms with Crippen LogP contribution in [0.5, 0.6) is 11.5 Å². The fourth-order valence-electron chi connectivity index (χ4n) is 1.46. The Kier molecular flexibility index (Phi) is 3.45. The molecule has 0 saturated carbocycles. The second-order valence-corrected chi connectivity index (χ2v) is 4.12. The van der Waals surface area contributed by atoms with Crippen molar-refractivity contribution in [3.05, 3.63) is 22.2 Å². The standard InChI is InChI=1S/C10H12BrNO3/c11-8-4-7(6-15-12)5-9-10(8)14-3-1-2-13-9/h4-5H,1-3,6,12H2. The molecular formula is C10H12BrNO3. The molecule has 1 aromatic rings. The summed E-state index contributed by atoms with van der Waals surface area (Å²) in [5.41, 5.74) is 0.952. The Hall–Kier alpha value is -0.780. The molecule has 2 rings (SSSR count). The van der Waals surface area contributed by atoms with Gasteiger partial charge in [0, 0.05) is 6.42 Å². The van der Waals surface area contributed by atoms with Gasteiger partial charge in [-0.3, -0.25) is 4.84 Å². The van der Waals surface area contributed by atoms with E-state index < -0.39 is 0 Å². The van der Waals surface area contributed by atoms with Crippen molar-refractivity contribution < 1.29 is 14.3 Å². The van der Waals surface area contributed by atoms with Gasteiger partial charge in [0.2, 0.25) is 0 Å². The van der Waals surface area contributed by atoms with Crippen LogP contribution in [0.3, 0.4) is 0 Å². The Balaban J connectivity index is 2.35. The molecule has 0 amide bonds. The van der Waals surface area contributed by atoms with Crippen molar-refractivity contribution in [1.29, 1.82) is 0 Å². The zero-order valence-electron chi connectivity index (χ0n) is 8.16. The van der Waals surface area contributed by atoms with E-state index in [0.717, 1.165) is 28.0 Å². The predicted octanol–water partition coefficient (Wildman–Crippen LogP) is 2.00. The number of halogens is 1. The highest BCUT2D eigenvalue weighted by molar-refractivity contribution is 9.10. The summed E-state index contributed by atoms with van der Waals surface area (Å²) >= 11 is 3.44. The molecule has 0 aromatic heterocycles. The largest absolute Gasteiger partial charge is 0.490 e. The monoisotopic (exact) mass is 273 g/mol. The zero-order chi connectivity index (χ0) is 10.7. The molecule has 1 aromatic carbocycles. The summed E-state index contributed by atoms with van der Waals surface area (Å²) < 4.78 is 12.0. The molecule has 15 heavy (non-hydrogen) atoms. The molecule has 0 aliphatic carbocycles. The highest BCUT2D eigenvalue weighted by atomic mass is 79.9. The summed E-state index contributed by atoms with van der Waals surface area (Å²) in [6.07, 6.45) is 0.893. The van der Waals surface area contributed by atoms with E-state index in [1.54, 1.807) is 0 Å². The third kappa shape index (κ3) is 2.42. The SMILES string of the molecule is NOCc1cc(Br)c2c(c1)OCCCO2. The average molecular weight is 274 g/mol. The maximum Gasteiger partial charge on any atom is 0.175 e. The number of rotatable bonds is 2. The quantitative estimate of drug-likeness (QED) is 0.838. The van der Waals surface area contributed by atoms with E-state index in [1.807, 2.05) is 12.1 Å². The topological polar surface area (TPSA) is 53.7 Å². The number of ether oxygens (including phenoxy) is 2. The number of hydrogen-bond donors (Lipinski definition) is 1. The Morgan fingerprint density at radius 2 is 2.13 bits per heavy atom. The minimum Gasteiger partial charge on any atom is -0.490 e. The first-order valence-electron chi connectivity index (χ1n) is 4.71. The Bertz CT molecular complexity index is 357. The van der Waals surface area contributed by atoms with E-state index in [2.05, 4.69) is 20.8 Å². The lowest BCUT2D eigenvalue weighted by Gasteiger charge is -2.11. The van der Waals surface area contributed by atoms with Crippen molar-refractivity contribution in [2.45, 2.75) is 13.0 Å². The number of fused-ring (bicyclic) bond motifs is 1. The van der Waals surface area contributed by atoms with Crippen molar-refractivity contribution in [2.24, 2.45) is 5.90 Å². The lowest BCUT2D eigenvalue weighted by Crippen LogP contribution is -2.00. The minimum atomic E-state index is 0.356. The lowest BCUT2D eigenvalue weighted by molar-refractivity contribution is 0.124. The summed E-state index contributed by atoms with van der Waals surface area (Å²) in [5, 5.41) is 0. The molecule has 0 spiro atoms. The van der Waals surface area contributed by atoms with Gasteiger partial charge < -0.3 is 9.47 Å². The van der Waals surface area contributed by atoms with E-state index in [-0.39, 0.29) is 0 Å². The molecule has 0 unspecified atom stereocenters. The van der Waals surface area contributed by atoms with E-state index >= 15 is 0 Å². The van der Waals surface area contributed by atoms with Crippen LogP contribution in [0, 0.1) is 0 Å². The van der Waals surface area contributed by atoms with Crippen molar-refractivity contribution in [3.63, 3.8) is 0 Å². The van der Waals surface area contributed by atoms with E-state index in [0.29, 0.717) is 19.8 Å². The molecule has 82 valence electrons. The second-order valence-electron chi connectivity index (χ2n) is 3.27. The fourth-order valence-corrected chi connectivity index (χ4v) is 2.07. The van der Waals surface area contributed by atoms with E-state index in [9.17, 15) is 0 Å². The summed E-state index contributed by atoms with van der Waals surface area (Å²) in [6.45, 7) is 1.71. The fraction of sp³-hybridized carbons (Fsp3) is 0.400. The van der Waals surface area contributed by atoms with E-state index in [4.69, 9.17) is 15.4 Å². The van der Waals surface area contributed by atoms with Gasteiger partial charge in [-0.2, -0.15) is 0 Å². The molecule has 2 N–H and O–H groups in total. The summed E-state index contributed by atoms with van der Waals surface area (Å²) in [7, 11) is 0. The van der Waals surface area contributed by atoms with Gasteiger partial charge in [0.05, 0.1) is 24.3 Å². The number of benzene rings is 1. The first kappa shape index (κ1) is 10.7. The van der Waals surface area contributed by atoms with Gasteiger partial charge in [-0.25, -0.2) is 5.90 Å². The molecule has 0 saturated heterocycles. The van der Waals surface area contributed by atoms with Crippen LogP contribution in [0.4, 0.5) is 0 Å². The van der Waals surface area contributed by atoms with Crippen molar-refractivity contribution >= 4 is 15.9 Å². The third-order valence-electron chi connectivity index (χ3n) is 2.11. The van der Waals surface area contributed by atoms with Crippen molar-refractivity contribution in [3.8, 4) is 11.5 Å². The van der Waals surface area contributed by atoms with Gasteiger partial charge in [0.25, 0.3) is 0 Å². The maximum absolute atomic E-state index is 5.57. The van der Waals surface area contributed by atoms with Crippen LogP contribution in [-0.4, -0.2) is 13.2 Å². The molecule has 0 atom stereocenters. The van der Waals surface area contributed by atoms with Crippen LogP contribution in [0.15, 0.2) is 16.6 Å². The third-order valence-corrected chi connectivity index (χ3v) is 2.70. The molecule has 0 fully saturated rings. The zero-order valence-corrected chi connectivity index (χ0v) is 9.75. The number of hydrogen-bond acceptors (Lipinski definition) is 4. The molecule has 0 bridgehead atoms. The Morgan fingerprint density at radius 3 is 2.93 bits per heavy atom. The molecule has 4 nitrogen and oxygen atoms in total. The van der Waals surface area contributed by atoms with Crippen LogP contribution in [0.1, 0.15) is 12.0 Å². The second kappa shape index (κ2) is 4.83. The number of nitrogens with two attached hydrogens (primary N) is 1. The molecule has 1 aliphatic rings. The first-order valence-corrected chi connectivity index (χ1v) is 5.50. The molecule has 0 radical (unpaired) electrons. The Morgan fingerprint density at radius 1 is 1.33 bits per heavy atom. The summed E-state index contributed by atoms with van der Waals surface area (Å²) in [5.74, 6) is 6.53. The normalized spacial score (nSPS) is 14.8. The molecule has 1 aliphatic heterocycles. The van der Waals surface area contributed by atoms with Crippen molar-refractivity contribution in [2.75, 3.05) is 13.2 Å². The van der Waals surface area contributed by atoms with Gasteiger partial charge >= 0.3 is 0 Å². The van der Waals surface area contributed by atoms with Crippen molar-refractivity contribution in [1.82, 2.24) is 0 Å². The van der Waals surface area contributed by atoms with Crippen LogP contribution in [-0.2, 0) is 11.4 Å². The molecule has 5 heteroatoms. The van der Waals surface area contributed by atoms with Crippen LogP contribution < -0.4 is 15.4 Å². The lowest BCUT2D eigenvalue weighted by atomic mass is 10.2. The van der Waals surface area contributed by atoms with Gasteiger partial charge in [0.15, 0.2) is 11.5 Å². The van der Waals surface area contributed by atoms with Crippen LogP contribution >= 0.6 is 15.9 Å². The van der Waals surface area contributed by atoms with Gasteiger partial charge in [-0.05, 0) is 33.6 Å². The average Bonchev–Trinajstić information content (AvgIpc) is 2.43. The van der Waals surface area contributed by atoms with Gasteiger partial charge in [-0.1, -0.05) is 0 Å². The Labute approximate surface area is 96.4 Å².